The van der Waals surface area contributed by atoms with Crippen molar-refractivity contribution in [3.63, 3.8) is 0 Å². The summed E-state index contributed by atoms with van der Waals surface area (Å²) in [4.78, 5) is 14.9. The maximum Gasteiger partial charge on any atom is 0.228 e. The number of nitrogens with one attached hydrogen (secondary N) is 1. The van der Waals surface area contributed by atoms with Crippen molar-refractivity contribution in [1.82, 2.24) is 4.90 Å². The first-order valence-corrected chi connectivity index (χ1v) is 8.90. The van der Waals surface area contributed by atoms with Gasteiger partial charge in [0.15, 0.2) is 0 Å². The Morgan fingerprint density at radius 1 is 1.12 bits per heavy atom. The van der Waals surface area contributed by atoms with Crippen molar-refractivity contribution >= 4 is 34.8 Å². The molecule has 1 fully saturated rings. The van der Waals surface area contributed by atoms with Crippen molar-refractivity contribution in [2.75, 3.05) is 18.4 Å². The van der Waals surface area contributed by atoms with Crippen LogP contribution in [0.4, 0.5) is 5.69 Å². The van der Waals surface area contributed by atoms with Crippen LogP contribution in [0.2, 0.25) is 10.0 Å². The molecule has 0 aliphatic carbocycles. The van der Waals surface area contributed by atoms with Crippen molar-refractivity contribution in [3.05, 3.63) is 64.1 Å². The fraction of sp³-hybridized carbons (Fsp3) is 0.316. The molecule has 0 saturated carbocycles. The highest BCUT2D eigenvalue weighted by atomic mass is 35.5. The molecule has 3 rings (SSSR count). The van der Waals surface area contributed by atoms with E-state index in [1.807, 2.05) is 18.2 Å². The third kappa shape index (κ3) is 4.29. The number of hydrogen-bond donors (Lipinski definition) is 1. The third-order valence-corrected chi connectivity index (χ3v) is 5.15. The molecule has 126 valence electrons. The Hall–Kier alpha value is -1.55. The Balaban J connectivity index is 1.61. The van der Waals surface area contributed by atoms with E-state index in [9.17, 15) is 4.79 Å². The first kappa shape index (κ1) is 17.3. The summed E-state index contributed by atoms with van der Waals surface area (Å²) in [6.07, 6.45) is 1.92. The van der Waals surface area contributed by atoms with Crippen LogP contribution in [0.25, 0.3) is 0 Å². The number of piperidine rings is 1. The number of benzene rings is 2. The number of likely N-dealkylation sites (tertiary alicyclic amines) is 1. The molecule has 3 nitrogen and oxygen atoms in total. The average molecular weight is 363 g/mol. The van der Waals surface area contributed by atoms with E-state index in [-0.39, 0.29) is 11.8 Å². The van der Waals surface area contributed by atoms with Crippen LogP contribution in [0.3, 0.4) is 0 Å². The summed E-state index contributed by atoms with van der Waals surface area (Å²) in [7, 11) is 0. The molecule has 0 radical (unpaired) electrons. The van der Waals surface area contributed by atoms with E-state index in [2.05, 4.69) is 22.3 Å². The van der Waals surface area contributed by atoms with Crippen LogP contribution in [0.1, 0.15) is 18.4 Å². The minimum absolute atomic E-state index is 0.0110. The lowest BCUT2D eigenvalue weighted by molar-refractivity contribution is -0.121. The van der Waals surface area contributed by atoms with Gasteiger partial charge in [-0.3, -0.25) is 9.69 Å². The normalized spacial score (nSPS) is 18.3. The third-order valence-electron chi connectivity index (χ3n) is 4.33. The summed E-state index contributed by atoms with van der Waals surface area (Å²) in [5.74, 6) is -0.0190. The van der Waals surface area contributed by atoms with Crippen LogP contribution in [0, 0.1) is 5.92 Å². The summed E-state index contributed by atoms with van der Waals surface area (Å²) < 4.78 is 0. The molecule has 1 aliphatic rings. The number of nitrogens with zero attached hydrogens (tertiary/aromatic N) is 1. The zero-order valence-corrected chi connectivity index (χ0v) is 14.9. The molecule has 1 heterocycles. The maximum atomic E-state index is 12.6. The maximum absolute atomic E-state index is 12.6. The highest BCUT2D eigenvalue weighted by Gasteiger charge is 2.26. The van der Waals surface area contributed by atoms with Crippen molar-refractivity contribution in [2.24, 2.45) is 5.92 Å². The molecule has 0 unspecified atom stereocenters. The molecule has 1 saturated heterocycles. The molecule has 1 atom stereocenters. The van der Waals surface area contributed by atoms with Crippen molar-refractivity contribution in [3.8, 4) is 0 Å². The molecule has 0 bridgehead atoms. The van der Waals surface area contributed by atoms with Crippen LogP contribution in [-0.2, 0) is 11.3 Å². The molecule has 1 aliphatic heterocycles. The number of amides is 1. The molecule has 1 N–H and O–H groups in total. The SMILES string of the molecule is O=C(Nc1cccc(Cl)c1Cl)[C@@H]1CCCN(Cc2ccccc2)C1. The highest BCUT2D eigenvalue weighted by Crippen LogP contribution is 2.30. The lowest BCUT2D eigenvalue weighted by Crippen LogP contribution is -2.40. The van der Waals surface area contributed by atoms with Gasteiger partial charge in [0.25, 0.3) is 0 Å². The van der Waals surface area contributed by atoms with Gasteiger partial charge in [0.05, 0.1) is 21.7 Å². The average Bonchev–Trinajstić information content (AvgIpc) is 2.60. The second kappa shape index (κ2) is 8.02. The number of carbonyl (C=O) groups excluding carboxylic acids is 1. The monoisotopic (exact) mass is 362 g/mol. The van der Waals surface area contributed by atoms with Gasteiger partial charge in [0.1, 0.15) is 0 Å². The Bertz CT molecular complexity index is 706. The van der Waals surface area contributed by atoms with Gasteiger partial charge in [0, 0.05) is 13.1 Å². The van der Waals surface area contributed by atoms with Crippen LogP contribution in [0.15, 0.2) is 48.5 Å². The molecule has 5 heteroatoms. The Morgan fingerprint density at radius 2 is 1.92 bits per heavy atom. The number of carbonyl (C=O) groups is 1. The van der Waals surface area contributed by atoms with Gasteiger partial charge in [-0.05, 0) is 37.1 Å². The zero-order chi connectivity index (χ0) is 16.9. The van der Waals surface area contributed by atoms with Crippen LogP contribution >= 0.6 is 23.2 Å². The first-order chi connectivity index (χ1) is 11.6. The molecule has 2 aromatic rings. The predicted octanol–water partition coefficient (Wildman–Crippen LogP) is 4.84. The number of halogens is 2. The largest absolute Gasteiger partial charge is 0.324 e. The van der Waals surface area contributed by atoms with E-state index in [0.29, 0.717) is 15.7 Å². The lowest BCUT2D eigenvalue weighted by Gasteiger charge is -2.32. The molecule has 24 heavy (non-hydrogen) atoms. The first-order valence-electron chi connectivity index (χ1n) is 8.14. The smallest absolute Gasteiger partial charge is 0.228 e. The van der Waals surface area contributed by atoms with E-state index >= 15 is 0 Å². The van der Waals surface area contributed by atoms with Crippen LogP contribution in [0.5, 0.6) is 0 Å². The molecular weight excluding hydrogens is 343 g/mol. The van der Waals surface area contributed by atoms with E-state index in [1.54, 1.807) is 18.2 Å². The predicted molar refractivity (Wildman–Crippen MR) is 99.5 cm³/mol. The van der Waals surface area contributed by atoms with Crippen molar-refractivity contribution in [2.45, 2.75) is 19.4 Å². The van der Waals surface area contributed by atoms with Gasteiger partial charge in [-0.15, -0.1) is 0 Å². The summed E-state index contributed by atoms with van der Waals surface area (Å²) in [5, 5.41) is 3.76. The summed E-state index contributed by atoms with van der Waals surface area (Å²) in [6, 6.07) is 15.6. The van der Waals surface area contributed by atoms with E-state index in [0.717, 1.165) is 32.5 Å². The second-order valence-electron chi connectivity index (χ2n) is 6.15. The molecular formula is C19H20Cl2N2O. The van der Waals surface area contributed by atoms with Gasteiger partial charge in [-0.25, -0.2) is 0 Å². The van der Waals surface area contributed by atoms with Crippen LogP contribution < -0.4 is 5.32 Å². The highest BCUT2D eigenvalue weighted by molar-refractivity contribution is 6.44. The van der Waals surface area contributed by atoms with E-state index in [4.69, 9.17) is 23.2 Å². The minimum atomic E-state index is -0.0301. The van der Waals surface area contributed by atoms with Gasteiger partial charge in [0.2, 0.25) is 5.91 Å². The Kier molecular flexibility index (Phi) is 5.77. The summed E-state index contributed by atoms with van der Waals surface area (Å²) in [6.45, 7) is 2.66. The summed E-state index contributed by atoms with van der Waals surface area (Å²) >= 11 is 12.2. The summed E-state index contributed by atoms with van der Waals surface area (Å²) in [5.41, 5.74) is 1.85. The number of hydrogen-bond acceptors (Lipinski definition) is 2. The van der Waals surface area contributed by atoms with Crippen molar-refractivity contribution in [1.29, 1.82) is 0 Å². The molecule has 1 amide bonds. The topological polar surface area (TPSA) is 32.3 Å². The fourth-order valence-corrected chi connectivity index (χ4v) is 3.44. The van der Waals surface area contributed by atoms with Gasteiger partial charge >= 0.3 is 0 Å². The molecule has 0 spiro atoms. The molecule has 2 aromatic carbocycles. The van der Waals surface area contributed by atoms with E-state index < -0.39 is 0 Å². The van der Waals surface area contributed by atoms with Crippen LogP contribution in [-0.4, -0.2) is 23.9 Å². The second-order valence-corrected chi connectivity index (χ2v) is 6.94. The zero-order valence-electron chi connectivity index (χ0n) is 13.3. The number of anilines is 1. The Labute approximate surface area is 152 Å². The lowest BCUT2D eigenvalue weighted by atomic mass is 9.96. The standard InChI is InChI=1S/C19H20Cl2N2O/c20-16-9-4-10-17(18(16)21)22-19(24)15-8-5-11-23(13-15)12-14-6-2-1-3-7-14/h1-4,6-7,9-10,15H,5,8,11-13H2,(H,22,24)/t15-/m1/s1. The van der Waals surface area contributed by atoms with E-state index in [1.165, 1.54) is 5.56 Å². The minimum Gasteiger partial charge on any atom is -0.324 e. The number of rotatable bonds is 4. The quantitative estimate of drug-likeness (QED) is 0.843. The Morgan fingerprint density at radius 3 is 2.71 bits per heavy atom. The molecule has 0 aromatic heterocycles. The van der Waals surface area contributed by atoms with Gasteiger partial charge < -0.3 is 5.32 Å². The van der Waals surface area contributed by atoms with Crippen molar-refractivity contribution < 1.29 is 4.79 Å². The van der Waals surface area contributed by atoms with Gasteiger partial charge in [-0.2, -0.15) is 0 Å². The fourth-order valence-electron chi connectivity index (χ4n) is 3.09. The van der Waals surface area contributed by atoms with Gasteiger partial charge in [-0.1, -0.05) is 59.6 Å².